The van der Waals surface area contributed by atoms with Gasteiger partial charge in [-0.3, -0.25) is 14.9 Å². The number of carbonyl (C=O) groups excluding carboxylic acids is 1. The van der Waals surface area contributed by atoms with Gasteiger partial charge in [0.2, 0.25) is 0 Å². The van der Waals surface area contributed by atoms with E-state index >= 15 is 0 Å². The summed E-state index contributed by atoms with van der Waals surface area (Å²) in [5.74, 6) is 0.785. The van der Waals surface area contributed by atoms with Crippen LogP contribution in [-0.2, 0) is 11.2 Å². The first kappa shape index (κ1) is 19.7. The van der Waals surface area contributed by atoms with Gasteiger partial charge in [-0.05, 0) is 55.0 Å². The van der Waals surface area contributed by atoms with Crippen LogP contribution in [0.4, 0.5) is 5.69 Å². The van der Waals surface area contributed by atoms with E-state index in [-0.39, 0.29) is 29.1 Å². The normalized spacial score (nSPS) is 20.5. The molecule has 1 saturated carbocycles. The number of nitro groups is 1. The number of aliphatic hydroxyl groups is 1. The van der Waals surface area contributed by atoms with Gasteiger partial charge in [-0.15, -0.1) is 0 Å². The maximum Gasteiger partial charge on any atom is 0.279 e. The molecule has 1 aromatic heterocycles. The molecule has 1 fully saturated rings. The third-order valence-electron chi connectivity index (χ3n) is 6.19. The van der Waals surface area contributed by atoms with E-state index in [9.17, 15) is 20.0 Å². The molecule has 1 heterocycles. The number of fused-ring (bicyclic) bond motifs is 3. The van der Waals surface area contributed by atoms with Crippen molar-refractivity contribution in [2.75, 3.05) is 0 Å². The maximum atomic E-state index is 13.0. The van der Waals surface area contributed by atoms with Crippen LogP contribution in [0.5, 0.6) is 10.9 Å². The third-order valence-corrected chi connectivity index (χ3v) is 7.09. The molecule has 8 heteroatoms. The van der Waals surface area contributed by atoms with Gasteiger partial charge in [-0.25, -0.2) is 4.98 Å². The standard InChI is InChI=1S/C23H20N2O5S/c1-2-12-5-7-16(11-17(12)20-21(26)13-3-4-14(9-13)22(20)27)30-23-24-18-8-6-15(25(28)29)10-19(18)31-23/h5-8,10-11,13-14,26H,2-4,9H2,1H3/t13-,14-/m1/s1. The number of thiazole rings is 1. The summed E-state index contributed by atoms with van der Waals surface area (Å²) in [4.78, 5) is 28.0. The van der Waals surface area contributed by atoms with Crippen molar-refractivity contribution in [1.29, 1.82) is 0 Å². The highest BCUT2D eigenvalue weighted by Crippen LogP contribution is 2.46. The van der Waals surface area contributed by atoms with Crippen LogP contribution in [0.3, 0.4) is 0 Å². The number of ketones is 1. The number of aliphatic hydroxyl groups excluding tert-OH is 1. The van der Waals surface area contributed by atoms with Crippen LogP contribution in [0.1, 0.15) is 37.3 Å². The second-order valence-electron chi connectivity index (χ2n) is 7.99. The van der Waals surface area contributed by atoms with E-state index in [1.165, 1.54) is 23.5 Å². The summed E-state index contributed by atoms with van der Waals surface area (Å²) in [6.07, 6.45) is 3.14. The smallest absolute Gasteiger partial charge is 0.279 e. The van der Waals surface area contributed by atoms with Gasteiger partial charge in [0, 0.05) is 24.0 Å². The number of ether oxygens (including phenoxy) is 1. The minimum absolute atomic E-state index is 0.00476. The number of nitrogens with zero attached hydrogens (tertiary/aromatic N) is 2. The average Bonchev–Trinajstić information content (AvgIpc) is 3.37. The molecule has 2 aromatic carbocycles. The minimum atomic E-state index is -0.441. The van der Waals surface area contributed by atoms with Gasteiger partial charge in [-0.2, -0.15) is 0 Å². The first-order chi connectivity index (χ1) is 14.9. The van der Waals surface area contributed by atoms with Gasteiger partial charge in [0.05, 0.1) is 20.7 Å². The summed E-state index contributed by atoms with van der Waals surface area (Å²) in [7, 11) is 0. The Kier molecular flexibility index (Phi) is 4.74. The lowest BCUT2D eigenvalue weighted by molar-refractivity contribution is -0.384. The highest BCUT2D eigenvalue weighted by Gasteiger charge is 2.41. The Hall–Kier alpha value is -3.26. The van der Waals surface area contributed by atoms with Crippen LogP contribution in [-0.4, -0.2) is 20.8 Å². The molecule has 2 bridgehead atoms. The number of nitro benzene ring substituents is 1. The summed E-state index contributed by atoms with van der Waals surface area (Å²) >= 11 is 1.22. The molecule has 1 N–H and O–H groups in total. The molecule has 0 saturated heterocycles. The molecule has 7 nitrogen and oxygen atoms in total. The zero-order valence-corrected chi connectivity index (χ0v) is 17.6. The van der Waals surface area contributed by atoms with Crippen molar-refractivity contribution in [3.63, 3.8) is 0 Å². The fraction of sp³-hybridized carbons (Fsp3) is 0.304. The fourth-order valence-corrected chi connectivity index (χ4v) is 5.45. The van der Waals surface area contributed by atoms with Gasteiger partial charge in [0.25, 0.3) is 10.9 Å². The molecule has 31 heavy (non-hydrogen) atoms. The lowest BCUT2D eigenvalue weighted by atomic mass is 9.81. The second kappa shape index (κ2) is 7.46. The monoisotopic (exact) mass is 436 g/mol. The van der Waals surface area contributed by atoms with E-state index in [1.807, 2.05) is 19.1 Å². The van der Waals surface area contributed by atoms with Crippen molar-refractivity contribution in [2.24, 2.45) is 11.8 Å². The van der Waals surface area contributed by atoms with Gasteiger partial charge in [-0.1, -0.05) is 24.3 Å². The Bertz CT molecular complexity index is 1260. The minimum Gasteiger partial charge on any atom is -0.511 e. The summed E-state index contributed by atoms with van der Waals surface area (Å²) in [5.41, 5.74) is 2.75. The predicted molar refractivity (Wildman–Crippen MR) is 118 cm³/mol. The zero-order valence-electron chi connectivity index (χ0n) is 16.8. The van der Waals surface area contributed by atoms with Crippen molar-refractivity contribution < 1.29 is 19.6 Å². The predicted octanol–water partition coefficient (Wildman–Crippen LogP) is 5.83. The molecular formula is C23H20N2O5S. The highest BCUT2D eigenvalue weighted by atomic mass is 32.1. The maximum absolute atomic E-state index is 13.0. The molecule has 5 rings (SSSR count). The number of carbonyl (C=O) groups is 1. The topological polar surface area (TPSA) is 103 Å². The number of non-ortho nitro benzene ring substituents is 1. The quantitative estimate of drug-likeness (QED) is 0.399. The number of hydrogen-bond acceptors (Lipinski definition) is 7. The molecule has 2 aliphatic carbocycles. The Labute approximate surface area is 182 Å². The number of benzene rings is 2. The molecule has 0 amide bonds. The van der Waals surface area contributed by atoms with Gasteiger partial charge >= 0.3 is 0 Å². The molecule has 0 aliphatic heterocycles. The van der Waals surface area contributed by atoms with E-state index in [1.54, 1.807) is 12.1 Å². The first-order valence-electron chi connectivity index (χ1n) is 10.3. The number of Topliss-reactive ketones (excluding diaryl/α,β-unsaturated/α-hetero) is 1. The lowest BCUT2D eigenvalue weighted by Gasteiger charge is -2.23. The van der Waals surface area contributed by atoms with E-state index in [0.29, 0.717) is 26.7 Å². The zero-order chi connectivity index (χ0) is 21.7. The highest BCUT2D eigenvalue weighted by molar-refractivity contribution is 7.20. The molecule has 2 aliphatic rings. The lowest BCUT2D eigenvalue weighted by Crippen LogP contribution is -2.21. The summed E-state index contributed by atoms with van der Waals surface area (Å²) < 4.78 is 6.62. The Morgan fingerprint density at radius 1 is 1.23 bits per heavy atom. The van der Waals surface area contributed by atoms with Crippen molar-refractivity contribution in [1.82, 2.24) is 4.98 Å². The number of aryl methyl sites for hydroxylation is 1. The number of rotatable bonds is 5. The fourth-order valence-electron chi connectivity index (χ4n) is 4.58. The summed E-state index contributed by atoms with van der Waals surface area (Å²) in [6, 6.07) is 10.0. The van der Waals surface area contributed by atoms with Gasteiger partial charge in [0.1, 0.15) is 11.5 Å². The number of allylic oxidation sites excluding steroid dienone is 2. The first-order valence-corrected chi connectivity index (χ1v) is 11.1. The third kappa shape index (κ3) is 3.37. The van der Waals surface area contributed by atoms with Crippen molar-refractivity contribution in [3.8, 4) is 10.9 Å². The van der Waals surface area contributed by atoms with E-state index in [0.717, 1.165) is 36.8 Å². The molecule has 3 aromatic rings. The van der Waals surface area contributed by atoms with E-state index in [2.05, 4.69) is 4.98 Å². The van der Waals surface area contributed by atoms with Crippen LogP contribution in [0, 0.1) is 22.0 Å². The second-order valence-corrected chi connectivity index (χ2v) is 8.99. The number of hydrogen-bond donors (Lipinski definition) is 1. The Balaban J connectivity index is 1.52. The molecular weight excluding hydrogens is 416 g/mol. The molecule has 0 spiro atoms. The van der Waals surface area contributed by atoms with E-state index in [4.69, 9.17) is 4.74 Å². The van der Waals surface area contributed by atoms with Crippen LogP contribution < -0.4 is 4.74 Å². The van der Waals surface area contributed by atoms with Gasteiger partial charge < -0.3 is 9.84 Å². The Morgan fingerprint density at radius 2 is 2.03 bits per heavy atom. The largest absolute Gasteiger partial charge is 0.511 e. The molecule has 0 radical (unpaired) electrons. The van der Waals surface area contributed by atoms with Gasteiger partial charge in [0.15, 0.2) is 5.78 Å². The average molecular weight is 436 g/mol. The van der Waals surface area contributed by atoms with Crippen molar-refractivity contribution in [2.45, 2.75) is 32.6 Å². The van der Waals surface area contributed by atoms with Crippen LogP contribution in [0.15, 0.2) is 42.2 Å². The van der Waals surface area contributed by atoms with Crippen molar-refractivity contribution in [3.05, 3.63) is 63.4 Å². The van der Waals surface area contributed by atoms with Crippen LogP contribution >= 0.6 is 11.3 Å². The van der Waals surface area contributed by atoms with Crippen LogP contribution in [0.25, 0.3) is 15.8 Å². The van der Waals surface area contributed by atoms with E-state index < -0.39 is 4.92 Å². The number of aromatic nitrogens is 1. The summed E-state index contributed by atoms with van der Waals surface area (Å²) in [6.45, 7) is 2.01. The SMILES string of the molecule is CCc1ccc(Oc2nc3ccc([N+](=O)[O-])cc3s2)cc1C1=C(O)[C@@H]2CC[C@H](C2)C1=O. The summed E-state index contributed by atoms with van der Waals surface area (Å²) in [5, 5.41) is 22.2. The Morgan fingerprint density at radius 3 is 2.81 bits per heavy atom. The van der Waals surface area contributed by atoms with Crippen molar-refractivity contribution >= 4 is 38.6 Å². The molecule has 2 atom stereocenters. The molecule has 158 valence electrons. The molecule has 0 unspecified atom stereocenters. The van der Waals surface area contributed by atoms with Crippen LogP contribution in [0.2, 0.25) is 0 Å².